The number of hydrogen-bond donors (Lipinski definition) is 0. The van der Waals surface area contributed by atoms with Gasteiger partial charge in [0, 0.05) is 0 Å². The second-order valence-corrected chi connectivity index (χ2v) is 1.93. The van der Waals surface area contributed by atoms with Crippen molar-refractivity contribution in [1.29, 1.82) is 0 Å². The Morgan fingerprint density at radius 1 is 1.30 bits per heavy atom. The molecule has 52 valence electrons. The van der Waals surface area contributed by atoms with Crippen molar-refractivity contribution in [2.45, 2.75) is 6.32 Å². The SMILES string of the molecule is BCC(/C=C\C=C)=C/C=C. The molecule has 0 nitrogen and oxygen atoms in total. The van der Waals surface area contributed by atoms with Gasteiger partial charge in [-0.15, -0.1) is 0 Å². The maximum Gasteiger partial charge on any atom is 0.107 e. The van der Waals surface area contributed by atoms with Gasteiger partial charge in [0.25, 0.3) is 0 Å². The molecule has 10 heavy (non-hydrogen) atoms. The van der Waals surface area contributed by atoms with Crippen molar-refractivity contribution in [2.75, 3.05) is 0 Å². The molecular formula is C9H13B. The Morgan fingerprint density at radius 2 is 2.00 bits per heavy atom. The number of allylic oxidation sites excluding steroid dienone is 6. The third kappa shape index (κ3) is 3.96. The van der Waals surface area contributed by atoms with Crippen LogP contribution in [0.2, 0.25) is 6.32 Å². The van der Waals surface area contributed by atoms with Gasteiger partial charge in [-0.1, -0.05) is 55.4 Å². The van der Waals surface area contributed by atoms with Gasteiger partial charge in [0.05, 0.1) is 0 Å². The van der Waals surface area contributed by atoms with Gasteiger partial charge in [0.1, 0.15) is 7.85 Å². The quantitative estimate of drug-likeness (QED) is 0.404. The normalized spacial score (nSPS) is 11.8. The number of rotatable bonds is 4. The monoisotopic (exact) mass is 132 g/mol. The van der Waals surface area contributed by atoms with E-state index in [2.05, 4.69) is 21.0 Å². The lowest BCUT2D eigenvalue weighted by Crippen LogP contribution is -1.73. The molecule has 0 bridgehead atoms. The molecule has 1 heteroatoms. The Bertz CT molecular complexity index is 164. The van der Waals surface area contributed by atoms with Crippen molar-refractivity contribution >= 4 is 7.85 Å². The second kappa shape index (κ2) is 6.15. The van der Waals surface area contributed by atoms with Gasteiger partial charge in [0.15, 0.2) is 0 Å². The van der Waals surface area contributed by atoms with Crippen molar-refractivity contribution in [3.05, 3.63) is 49.1 Å². The first-order chi connectivity index (χ1) is 4.85. The molecule has 0 saturated carbocycles. The third-order valence-electron chi connectivity index (χ3n) is 1.19. The zero-order valence-electron chi connectivity index (χ0n) is 6.51. The van der Waals surface area contributed by atoms with Gasteiger partial charge in [-0.25, -0.2) is 0 Å². The third-order valence-corrected chi connectivity index (χ3v) is 1.19. The predicted octanol–water partition coefficient (Wildman–Crippen LogP) is 1.89. The van der Waals surface area contributed by atoms with Crippen LogP contribution >= 0.6 is 0 Å². The Morgan fingerprint density at radius 3 is 2.40 bits per heavy atom. The van der Waals surface area contributed by atoms with Crippen LogP contribution in [-0.4, -0.2) is 7.85 Å². The van der Waals surface area contributed by atoms with Crippen molar-refractivity contribution in [3.63, 3.8) is 0 Å². The van der Waals surface area contributed by atoms with E-state index in [4.69, 9.17) is 0 Å². The summed E-state index contributed by atoms with van der Waals surface area (Å²) in [6.45, 7) is 7.21. The molecule has 0 unspecified atom stereocenters. The van der Waals surface area contributed by atoms with E-state index in [0.29, 0.717) is 0 Å². The average molecular weight is 132 g/mol. The summed E-state index contributed by atoms with van der Waals surface area (Å²) in [6, 6.07) is 0. The van der Waals surface area contributed by atoms with Gasteiger partial charge >= 0.3 is 0 Å². The van der Waals surface area contributed by atoms with Gasteiger partial charge in [-0.2, -0.15) is 0 Å². The molecule has 0 aromatic rings. The molecule has 0 aliphatic rings. The van der Waals surface area contributed by atoms with E-state index < -0.39 is 0 Å². The number of hydrogen-bond acceptors (Lipinski definition) is 0. The van der Waals surface area contributed by atoms with Gasteiger partial charge in [0.2, 0.25) is 0 Å². The maximum atomic E-state index is 3.62. The Labute approximate surface area is 64.1 Å². The minimum absolute atomic E-state index is 1.04. The van der Waals surface area contributed by atoms with Gasteiger partial charge in [-0.05, 0) is 0 Å². The molecule has 0 N–H and O–H groups in total. The first-order valence-corrected chi connectivity index (χ1v) is 3.45. The molecule has 0 radical (unpaired) electrons. The van der Waals surface area contributed by atoms with E-state index in [-0.39, 0.29) is 0 Å². The van der Waals surface area contributed by atoms with E-state index in [9.17, 15) is 0 Å². The minimum Gasteiger partial charge on any atom is -0.0991 e. The van der Waals surface area contributed by atoms with Crippen LogP contribution in [0.25, 0.3) is 0 Å². The molecule has 0 aliphatic heterocycles. The molecule has 0 aromatic heterocycles. The molecule has 0 spiro atoms. The highest BCUT2D eigenvalue weighted by Crippen LogP contribution is 2.00. The summed E-state index contributed by atoms with van der Waals surface area (Å²) in [6.07, 6.45) is 10.6. The summed E-state index contributed by atoms with van der Waals surface area (Å²) < 4.78 is 0. The van der Waals surface area contributed by atoms with E-state index in [1.807, 2.05) is 18.2 Å². The summed E-state index contributed by atoms with van der Waals surface area (Å²) in [5.74, 6) is 0. The molecule has 0 aromatic carbocycles. The van der Waals surface area contributed by atoms with Crippen LogP contribution < -0.4 is 0 Å². The van der Waals surface area contributed by atoms with E-state index in [0.717, 1.165) is 6.32 Å². The molecule has 0 fully saturated rings. The molecule has 0 amide bonds. The smallest absolute Gasteiger partial charge is 0.0991 e. The summed E-state index contributed by atoms with van der Waals surface area (Å²) >= 11 is 0. The summed E-state index contributed by atoms with van der Waals surface area (Å²) in [7, 11) is 2.11. The van der Waals surface area contributed by atoms with Crippen molar-refractivity contribution in [2.24, 2.45) is 0 Å². The average Bonchev–Trinajstić information content (AvgIpc) is 1.98. The van der Waals surface area contributed by atoms with E-state index >= 15 is 0 Å². The Kier molecular flexibility index (Phi) is 5.55. The van der Waals surface area contributed by atoms with Crippen LogP contribution in [-0.2, 0) is 0 Å². The van der Waals surface area contributed by atoms with Crippen LogP contribution in [0.1, 0.15) is 0 Å². The highest BCUT2D eigenvalue weighted by Gasteiger charge is 1.81. The largest absolute Gasteiger partial charge is 0.107 e. The van der Waals surface area contributed by atoms with E-state index in [1.54, 1.807) is 12.2 Å². The molecule has 0 aliphatic carbocycles. The highest BCUT2D eigenvalue weighted by atomic mass is 13.8. The van der Waals surface area contributed by atoms with Gasteiger partial charge < -0.3 is 0 Å². The molecule has 0 atom stereocenters. The molecule has 0 heterocycles. The fourth-order valence-electron chi connectivity index (χ4n) is 0.634. The van der Waals surface area contributed by atoms with Crippen LogP contribution in [0.4, 0.5) is 0 Å². The van der Waals surface area contributed by atoms with Crippen LogP contribution in [0, 0.1) is 0 Å². The molecule has 0 rings (SSSR count). The maximum absolute atomic E-state index is 3.62. The molecule has 0 saturated heterocycles. The van der Waals surface area contributed by atoms with Crippen molar-refractivity contribution in [3.8, 4) is 0 Å². The minimum atomic E-state index is 1.04. The summed E-state index contributed by atoms with van der Waals surface area (Å²) in [5.41, 5.74) is 1.27. The molecular weight excluding hydrogens is 119 g/mol. The van der Waals surface area contributed by atoms with Gasteiger partial charge in [-0.3, -0.25) is 0 Å². The Hall–Kier alpha value is -0.975. The van der Waals surface area contributed by atoms with Crippen LogP contribution in [0.3, 0.4) is 0 Å². The topological polar surface area (TPSA) is 0 Å². The summed E-state index contributed by atoms with van der Waals surface area (Å²) in [5, 5.41) is 0. The van der Waals surface area contributed by atoms with E-state index in [1.165, 1.54) is 5.57 Å². The van der Waals surface area contributed by atoms with Crippen molar-refractivity contribution < 1.29 is 0 Å². The lowest BCUT2D eigenvalue weighted by Gasteiger charge is -1.91. The predicted molar refractivity (Wildman–Crippen MR) is 51.0 cm³/mol. The Balaban J connectivity index is 4.06. The fourth-order valence-corrected chi connectivity index (χ4v) is 0.634. The first kappa shape index (κ1) is 9.02. The zero-order chi connectivity index (χ0) is 7.82. The highest BCUT2D eigenvalue weighted by molar-refractivity contribution is 6.10. The lowest BCUT2D eigenvalue weighted by molar-refractivity contribution is 1.51. The first-order valence-electron chi connectivity index (χ1n) is 3.45. The van der Waals surface area contributed by atoms with Crippen LogP contribution in [0.5, 0.6) is 0 Å². The lowest BCUT2D eigenvalue weighted by atomic mass is 9.96. The zero-order valence-corrected chi connectivity index (χ0v) is 6.51. The standard InChI is InChI=1S/C9H13B/c1-3-5-7-9(8-10)6-4-2/h3-7H,1-2,8,10H2/b7-5-,9-6+. The fraction of sp³-hybridized carbons (Fsp3) is 0.111. The van der Waals surface area contributed by atoms with Crippen molar-refractivity contribution in [1.82, 2.24) is 0 Å². The second-order valence-electron chi connectivity index (χ2n) is 1.93. The summed E-state index contributed by atoms with van der Waals surface area (Å²) in [4.78, 5) is 0. The van der Waals surface area contributed by atoms with Crippen LogP contribution in [0.15, 0.2) is 49.1 Å².